The maximum absolute atomic E-state index is 15.1. The second-order valence-corrected chi connectivity index (χ2v) is 7.23. The lowest BCUT2D eigenvalue weighted by molar-refractivity contribution is 0.160. The quantitative estimate of drug-likeness (QED) is 0.773. The first-order valence-corrected chi connectivity index (χ1v) is 8.95. The summed E-state index contributed by atoms with van der Waals surface area (Å²) < 4.78 is 43.5. The van der Waals surface area contributed by atoms with Crippen LogP contribution in [0.4, 0.5) is 18.0 Å². The van der Waals surface area contributed by atoms with Gasteiger partial charge in [-0.1, -0.05) is 43.3 Å². The van der Waals surface area contributed by atoms with Crippen molar-refractivity contribution in [3.05, 3.63) is 59.7 Å². The molecule has 27 heavy (non-hydrogen) atoms. The molecule has 6 heteroatoms. The smallest absolute Gasteiger partial charge is 0.319 e. The van der Waals surface area contributed by atoms with E-state index in [9.17, 15) is 13.6 Å². The van der Waals surface area contributed by atoms with Gasteiger partial charge in [0.25, 0.3) is 0 Å². The molecule has 2 aromatic carbocycles. The zero-order valence-corrected chi connectivity index (χ0v) is 15.6. The van der Waals surface area contributed by atoms with Crippen molar-refractivity contribution in [3.63, 3.8) is 0 Å². The first-order valence-electron chi connectivity index (χ1n) is 8.95. The van der Waals surface area contributed by atoms with E-state index in [-0.39, 0.29) is 30.1 Å². The van der Waals surface area contributed by atoms with Crippen LogP contribution in [0.25, 0.3) is 11.1 Å². The van der Waals surface area contributed by atoms with Crippen molar-refractivity contribution in [3.8, 4) is 11.1 Å². The van der Waals surface area contributed by atoms with Crippen LogP contribution in [0.5, 0.6) is 0 Å². The molecule has 2 aromatic rings. The molecule has 1 saturated heterocycles. The third kappa shape index (κ3) is 3.66. The lowest BCUT2D eigenvalue weighted by atomic mass is 9.92. The fourth-order valence-corrected chi connectivity index (χ4v) is 3.64. The normalized spacial score (nSPS) is 22.1. The summed E-state index contributed by atoms with van der Waals surface area (Å²) in [5.41, 5.74) is 0.692. The lowest BCUT2D eigenvalue weighted by Crippen LogP contribution is -2.44. The molecule has 3 rings (SSSR count). The van der Waals surface area contributed by atoms with E-state index in [0.717, 1.165) is 0 Å². The molecule has 0 aromatic heterocycles. The number of nitrogens with zero attached hydrogens (tertiary/aromatic N) is 2. The second kappa shape index (κ2) is 7.62. The highest BCUT2D eigenvalue weighted by atomic mass is 19.1. The van der Waals surface area contributed by atoms with E-state index in [1.54, 1.807) is 45.3 Å². The molecule has 0 saturated carbocycles. The Morgan fingerprint density at radius 2 is 1.78 bits per heavy atom. The number of likely N-dealkylation sites (tertiary alicyclic amines) is 1. The van der Waals surface area contributed by atoms with Crippen LogP contribution in [-0.4, -0.2) is 48.7 Å². The van der Waals surface area contributed by atoms with Gasteiger partial charge in [-0.25, -0.2) is 18.0 Å². The molecule has 0 unspecified atom stereocenters. The van der Waals surface area contributed by atoms with Crippen LogP contribution in [-0.2, 0) is 6.42 Å². The standard InChI is InChI=1S/C21H23F3N2O/c1-13-18(23)12-26(21(27)25(2)3)19(13)11-14-7-6-9-16(20(14)24)15-8-4-5-10-17(15)22/h4-10,13,18-19H,11-12H2,1-3H3/t13-,18-,19-/m0/s1. The Bertz CT molecular complexity index is 840. The first-order chi connectivity index (χ1) is 12.8. The summed E-state index contributed by atoms with van der Waals surface area (Å²) >= 11 is 0. The summed E-state index contributed by atoms with van der Waals surface area (Å²) in [6, 6.07) is 10.0. The van der Waals surface area contributed by atoms with E-state index in [1.807, 2.05) is 0 Å². The maximum Gasteiger partial charge on any atom is 0.319 e. The highest BCUT2D eigenvalue weighted by Gasteiger charge is 2.42. The van der Waals surface area contributed by atoms with Gasteiger partial charge in [0.15, 0.2) is 0 Å². The van der Waals surface area contributed by atoms with E-state index >= 15 is 4.39 Å². The molecule has 0 bridgehead atoms. The lowest BCUT2D eigenvalue weighted by Gasteiger charge is -2.29. The van der Waals surface area contributed by atoms with Crippen molar-refractivity contribution >= 4 is 6.03 Å². The Morgan fingerprint density at radius 3 is 2.44 bits per heavy atom. The molecule has 3 atom stereocenters. The molecule has 2 amide bonds. The second-order valence-electron chi connectivity index (χ2n) is 7.23. The molecule has 0 N–H and O–H groups in total. The topological polar surface area (TPSA) is 23.6 Å². The third-order valence-electron chi connectivity index (χ3n) is 5.25. The van der Waals surface area contributed by atoms with Gasteiger partial charge in [-0.05, 0) is 18.1 Å². The Morgan fingerprint density at radius 1 is 1.11 bits per heavy atom. The number of carbonyl (C=O) groups is 1. The fourth-order valence-electron chi connectivity index (χ4n) is 3.64. The van der Waals surface area contributed by atoms with Gasteiger partial charge in [0.1, 0.15) is 17.8 Å². The highest BCUT2D eigenvalue weighted by Crippen LogP contribution is 2.33. The van der Waals surface area contributed by atoms with Gasteiger partial charge in [0, 0.05) is 37.2 Å². The molecular formula is C21H23F3N2O. The van der Waals surface area contributed by atoms with Gasteiger partial charge in [0.05, 0.1) is 6.54 Å². The zero-order chi connectivity index (χ0) is 19.7. The summed E-state index contributed by atoms with van der Waals surface area (Å²) in [5, 5.41) is 0. The molecule has 0 spiro atoms. The van der Waals surface area contributed by atoms with Gasteiger partial charge in [-0.15, -0.1) is 0 Å². The molecule has 144 valence electrons. The molecule has 1 aliphatic heterocycles. The highest BCUT2D eigenvalue weighted by molar-refractivity contribution is 5.75. The summed E-state index contributed by atoms with van der Waals surface area (Å²) in [6.45, 7) is 1.73. The van der Waals surface area contributed by atoms with Crippen LogP contribution < -0.4 is 0 Å². The van der Waals surface area contributed by atoms with E-state index in [2.05, 4.69) is 0 Å². The molecule has 1 aliphatic rings. The van der Waals surface area contributed by atoms with E-state index in [4.69, 9.17) is 0 Å². The average molecular weight is 376 g/mol. The van der Waals surface area contributed by atoms with Crippen molar-refractivity contribution in [2.45, 2.75) is 25.6 Å². The Labute approximate surface area is 157 Å². The predicted molar refractivity (Wildman–Crippen MR) is 99.1 cm³/mol. The summed E-state index contributed by atoms with van der Waals surface area (Å²) in [7, 11) is 3.21. The number of hydrogen-bond acceptors (Lipinski definition) is 1. The number of urea groups is 1. The number of hydrogen-bond donors (Lipinski definition) is 0. The first kappa shape index (κ1) is 19.3. The molecule has 1 fully saturated rings. The van der Waals surface area contributed by atoms with Crippen molar-refractivity contribution in [2.24, 2.45) is 5.92 Å². The molecule has 0 radical (unpaired) electrons. The zero-order valence-electron chi connectivity index (χ0n) is 15.6. The Hall–Kier alpha value is -2.50. The number of carbonyl (C=O) groups excluding carboxylic acids is 1. The fraction of sp³-hybridized carbons (Fsp3) is 0.381. The number of halogens is 3. The number of amides is 2. The van der Waals surface area contributed by atoms with Gasteiger partial charge in [-0.2, -0.15) is 0 Å². The van der Waals surface area contributed by atoms with Crippen LogP contribution in [0, 0.1) is 17.6 Å². The van der Waals surface area contributed by atoms with Crippen molar-refractivity contribution in [1.82, 2.24) is 9.80 Å². The van der Waals surface area contributed by atoms with Crippen LogP contribution in [0.2, 0.25) is 0 Å². The van der Waals surface area contributed by atoms with Crippen LogP contribution in [0.1, 0.15) is 12.5 Å². The predicted octanol–water partition coefficient (Wildman–Crippen LogP) is 4.51. The number of benzene rings is 2. The van der Waals surface area contributed by atoms with Gasteiger partial charge >= 0.3 is 6.03 Å². The largest absolute Gasteiger partial charge is 0.331 e. The number of alkyl halides is 1. The Balaban J connectivity index is 1.94. The Kier molecular flexibility index (Phi) is 5.44. The summed E-state index contributed by atoms with van der Waals surface area (Å²) in [5.74, 6) is -1.45. The summed E-state index contributed by atoms with van der Waals surface area (Å²) in [6.07, 6.45) is -0.980. The molecule has 0 aliphatic carbocycles. The third-order valence-corrected chi connectivity index (χ3v) is 5.25. The minimum absolute atomic E-state index is 0.00251. The van der Waals surface area contributed by atoms with Crippen molar-refractivity contribution in [2.75, 3.05) is 20.6 Å². The van der Waals surface area contributed by atoms with Gasteiger partial charge in [-0.3, -0.25) is 0 Å². The SMILES string of the molecule is C[C@H]1[C@@H](F)CN(C(=O)N(C)C)[C@H]1Cc1cccc(-c2ccccc2F)c1F. The van der Waals surface area contributed by atoms with Crippen molar-refractivity contribution < 1.29 is 18.0 Å². The van der Waals surface area contributed by atoms with E-state index in [1.165, 1.54) is 28.0 Å². The van der Waals surface area contributed by atoms with Crippen molar-refractivity contribution in [1.29, 1.82) is 0 Å². The van der Waals surface area contributed by atoms with Crippen LogP contribution in [0.15, 0.2) is 42.5 Å². The van der Waals surface area contributed by atoms with Gasteiger partial charge in [0.2, 0.25) is 0 Å². The maximum atomic E-state index is 15.1. The average Bonchev–Trinajstić information content (AvgIpc) is 2.91. The molecule has 1 heterocycles. The van der Waals surface area contributed by atoms with Gasteiger partial charge < -0.3 is 9.80 Å². The summed E-state index contributed by atoms with van der Waals surface area (Å²) in [4.78, 5) is 15.3. The molecule has 3 nitrogen and oxygen atoms in total. The van der Waals surface area contributed by atoms with E-state index < -0.39 is 29.8 Å². The minimum Gasteiger partial charge on any atom is -0.331 e. The minimum atomic E-state index is -1.16. The van der Waals surface area contributed by atoms with Crippen LogP contribution in [0.3, 0.4) is 0 Å². The monoisotopic (exact) mass is 376 g/mol. The van der Waals surface area contributed by atoms with E-state index in [0.29, 0.717) is 5.56 Å². The number of rotatable bonds is 3. The van der Waals surface area contributed by atoms with Crippen LogP contribution >= 0.6 is 0 Å². The molecular weight excluding hydrogens is 353 g/mol.